The fourth-order valence-electron chi connectivity index (χ4n) is 1.59. The van der Waals surface area contributed by atoms with E-state index in [-0.39, 0.29) is 6.61 Å². The van der Waals surface area contributed by atoms with Crippen LogP contribution in [-0.2, 0) is 0 Å². The number of benzene rings is 2. The van der Waals surface area contributed by atoms with E-state index in [1.165, 1.54) is 11.8 Å². The normalized spacial score (nSPS) is 11.1. The summed E-state index contributed by atoms with van der Waals surface area (Å²) in [6, 6.07) is 19.3. The lowest BCUT2D eigenvalue weighted by atomic mass is 10.1. The van der Waals surface area contributed by atoms with Gasteiger partial charge in [-0.05, 0) is 35.9 Å². The van der Waals surface area contributed by atoms with Crippen LogP contribution in [0.3, 0.4) is 0 Å². The summed E-state index contributed by atoms with van der Waals surface area (Å²) in [5, 5.41) is 18.1. The Morgan fingerprint density at radius 1 is 1.11 bits per heavy atom. The number of aliphatic hydroxyl groups excluding tert-OH is 1. The number of nitrogens with zero attached hydrogens (tertiary/aromatic N) is 1. The van der Waals surface area contributed by atoms with Crippen molar-refractivity contribution in [3.63, 3.8) is 0 Å². The molecule has 0 aromatic heterocycles. The predicted molar refractivity (Wildman–Crippen MR) is 78.5 cm³/mol. The van der Waals surface area contributed by atoms with E-state index in [1.54, 1.807) is 12.1 Å². The maximum absolute atomic E-state index is 9.41. The zero-order valence-corrected chi connectivity index (χ0v) is 11.1. The SMILES string of the molecule is N#Cc1ccc(/C=C(/CO)Sc2ccccc2)cc1. The van der Waals surface area contributed by atoms with Crippen LogP contribution in [0.1, 0.15) is 11.1 Å². The molecule has 0 amide bonds. The average molecular weight is 267 g/mol. The van der Waals surface area contributed by atoms with Gasteiger partial charge in [-0.3, -0.25) is 0 Å². The monoisotopic (exact) mass is 267 g/mol. The molecule has 0 bridgehead atoms. The molecule has 94 valence electrons. The first-order valence-corrected chi connectivity index (χ1v) is 6.68. The van der Waals surface area contributed by atoms with Gasteiger partial charge in [0.15, 0.2) is 0 Å². The van der Waals surface area contributed by atoms with Gasteiger partial charge in [0, 0.05) is 9.80 Å². The molecule has 0 fully saturated rings. The first-order valence-electron chi connectivity index (χ1n) is 5.86. The van der Waals surface area contributed by atoms with Crippen molar-refractivity contribution in [3.8, 4) is 6.07 Å². The molecule has 0 radical (unpaired) electrons. The van der Waals surface area contributed by atoms with E-state index in [0.717, 1.165) is 15.4 Å². The fraction of sp³-hybridized carbons (Fsp3) is 0.0625. The van der Waals surface area contributed by atoms with Gasteiger partial charge in [-0.15, -0.1) is 0 Å². The summed E-state index contributed by atoms with van der Waals surface area (Å²) >= 11 is 1.54. The van der Waals surface area contributed by atoms with Crippen molar-refractivity contribution in [2.24, 2.45) is 0 Å². The van der Waals surface area contributed by atoms with Crippen molar-refractivity contribution in [1.29, 1.82) is 5.26 Å². The first-order chi connectivity index (χ1) is 9.31. The van der Waals surface area contributed by atoms with E-state index in [9.17, 15) is 5.11 Å². The molecule has 0 aliphatic heterocycles. The van der Waals surface area contributed by atoms with Crippen LogP contribution in [0.25, 0.3) is 6.08 Å². The molecule has 19 heavy (non-hydrogen) atoms. The number of hydrogen-bond acceptors (Lipinski definition) is 3. The maximum Gasteiger partial charge on any atom is 0.0991 e. The van der Waals surface area contributed by atoms with Crippen molar-refractivity contribution in [3.05, 3.63) is 70.6 Å². The Bertz CT molecular complexity index is 597. The molecule has 0 unspecified atom stereocenters. The highest BCUT2D eigenvalue weighted by molar-refractivity contribution is 8.03. The second-order valence-electron chi connectivity index (χ2n) is 3.92. The van der Waals surface area contributed by atoms with Crippen LogP contribution in [0.15, 0.2) is 64.4 Å². The Morgan fingerprint density at radius 2 is 1.79 bits per heavy atom. The van der Waals surface area contributed by atoms with E-state index in [2.05, 4.69) is 6.07 Å². The Balaban J connectivity index is 2.16. The molecule has 2 aromatic carbocycles. The minimum Gasteiger partial charge on any atom is -0.391 e. The molecular weight excluding hydrogens is 254 g/mol. The second kappa shape index (κ2) is 6.79. The van der Waals surface area contributed by atoms with Gasteiger partial charge in [0.05, 0.1) is 18.2 Å². The van der Waals surface area contributed by atoms with Gasteiger partial charge in [-0.25, -0.2) is 0 Å². The fourth-order valence-corrected chi connectivity index (χ4v) is 2.44. The van der Waals surface area contributed by atoms with Gasteiger partial charge in [-0.2, -0.15) is 5.26 Å². The quantitative estimate of drug-likeness (QED) is 0.859. The molecule has 0 atom stereocenters. The second-order valence-corrected chi connectivity index (χ2v) is 5.12. The number of rotatable bonds is 4. The molecule has 0 saturated heterocycles. The minimum atomic E-state index is -0.000434. The van der Waals surface area contributed by atoms with Crippen molar-refractivity contribution in [2.75, 3.05) is 6.61 Å². The zero-order valence-electron chi connectivity index (χ0n) is 10.3. The van der Waals surface area contributed by atoms with Gasteiger partial charge >= 0.3 is 0 Å². The summed E-state index contributed by atoms with van der Waals surface area (Å²) in [5.41, 5.74) is 1.62. The Labute approximate surface area is 117 Å². The Kier molecular flexibility index (Phi) is 4.79. The van der Waals surface area contributed by atoms with Crippen molar-refractivity contribution in [2.45, 2.75) is 4.90 Å². The lowest BCUT2D eigenvalue weighted by molar-refractivity contribution is 0.340. The highest BCUT2D eigenvalue weighted by Gasteiger charge is 2.00. The molecular formula is C16H13NOS. The topological polar surface area (TPSA) is 44.0 Å². The first kappa shape index (κ1) is 13.4. The molecule has 2 rings (SSSR count). The standard InChI is InChI=1S/C16H13NOS/c17-11-14-8-6-13(7-9-14)10-16(12-18)19-15-4-2-1-3-5-15/h1-10,18H,12H2/b16-10-. The van der Waals surface area contributed by atoms with E-state index in [0.29, 0.717) is 5.56 Å². The molecule has 1 N–H and O–H groups in total. The average Bonchev–Trinajstić information content (AvgIpc) is 2.48. The van der Waals surface area contributed by atoms with Gasteiger partial charge < -0.3 is 5.11 Å². The molecule has 0 aliphatic carbocycles. The molecule has 0 heterocycles. The van der Waals surface area contributed by atoms with Gasteiger partial charge in [0.2, 0.25) is 0 Å². The van der Waals surface area contributed by atoms with Crippen LogP contribution in [0.4, 0.5) is 0 Å². The summed E-state index contributed by atoms with van der Waals surface area (Å²) in [6.45, 7) is -0.000434. The van der Waals surface area contributed by atoms with E-state index in [4.69, 9.17) is 5.26 Å². The zero-order chi connectivity index (χ0) is 13.5. The largest absolute Gasteiger partial charge is 0.391 e. The summed E-state index contributed by atoms with van der Waals surface area (Å²) < 4.78 is 0. The summed E-state index contributed by atoms with van der Waals surface area (Å²) in [4.78, 5) is 1.97. The molecule has 2 nitrogen and oxygen atoms in total. The highest BCUT2D eigenvalue weighted by atomic mass is 32.2. The van der Waals surface area contributed by atoms with E-state index in [1.807, 2.05) is 48.5 Å². The van der Waals surface area contributed by atoms with Crippen LogP contribution < -0.4 is 0 Å². The van der Waals surface area contributed by atoms with Crippen molar-refractivity contribution < 1.29 is 5.11 Å². The number of nitriles is 1. The summed E-state index contributed by atoms with van der Waals surface area (Å²) in [7, 11) is 0. The molecule has 2 aromatic rings. The minimum absolute atomic E-state index is 0.000434. The van der Waals surface area contributed by atoms with Crippen molar-refractivity contribution in [1.82, 2.24) is 0 Å². The maximum atomic E-state index is 9.41. The smallest absolute Gasteiger partial charge is 0.0991 e. The van der Waals surface area contributed by atoms with Crippen LogP contribution in [0.2, 0.25) is 0 Å². The molecule has 3 heteroatoms. The van der Waals surface area contributed by atoms with Crippen LogP contribution in [-0.4, -0.2) is 11.7 Å². The molecule has 0 saturated carbocycles. The Hall–Kier alpha value is -2.02. The predicted octanol–water partition coefficient (Wildman–Crippen LogP) is 3.68. The third-order valence-electron chi connectivity index (χ3n) is 2.52. The summed E-state index contributed by atoms with van der Waals surface area (Å²) in [6.07, 6.45) is 1.93. The van der Waals surface area contributed by atoms with Crippen LogP contribution >= 0.6 is 11.8 Å². The summed E-state index contributed by atoms with van der Waals surface area (Å²) in [5.74, 6) is 0. The van der Waals surface area contributed by atoms with E-state index < -0.39 is 0 Å². The number of thioether (sulfide) groups is 1. The highest BCUT2D eigenvalue weighted by Crippen LogP contribution is 2.27. The molecule has 0 spiro atoms. The van der Waals surface area contributed by atoms with Crippen LogP contribution in [0.5, 0.6) is 0 Å². The van der Waals surface area contributed by atoms with Crippen molar-refractivity contribution >= 4 is 17.8 Å². The van der Waals surface area contributed by atoms with Gasteiger partial charge in [0.25, 0.3) is 0 Å². The third-order valence-corrected chi connectivity index (χ3v) is 3.53. The van der Waals surface area contributed by atoms with Crippen LogP contribution in [0, 0.1) is 11.3 Å². The third kappa shape index (κ3) is 3.99. The number of aliphatic hydroxyl groups is 1. The van der Waals surface area contributed by atoms with Gasteiger partial charge in [0.1, 0.15) is 0 Å². The Morgan fingerprint density at radius 3 is 2.37 bits per heavy atom. The lowest BCUT2D eigenvalue weighted by Crippen LogP contribution is -1.86. The molecule has 0 aliphatic rings. The number of hydrogen-bond donors (Lipinski definition) is 1. The van der Waals surface area contributed by atoms with Gasteiger partial charge in [-0.1, -0.05) is 42.1 Å². The van der Waals surface area contributed by atoms with E-state index >= 15 is 0 Å². The lowest BCUT2D eigenvalue weighted by Gasteiger charge is -2.04.